The molecule has 4 rings (SSSR count). The molecule has 1 aliphatic carbocycles. The lowest BCUT2D eigenvalue weighted by molar-refractivity contribution is -0.126. The van der Waals surface area contributed by atoms with Crippen molar-refractivity contribution in [2.75, 3.05) is 19.3 Å². The maximum absolute atomic E-state index is 12.6. The molecule has 162 valence electrons. The Labute approximate surface area is 177 Å². The second-order valence-electron chi connectivity index (χ2n) is 8.27. The first kappa shape index (κ1) is 21.0. The number of carbonyl (C=O) groups excluding carboxylic acids is 1. The van der Waals surface area contributed by atoms with Crippen LogP contribution in [0.15, 0.2) is 30.5 Å². The Kier molecular flexibility index (Phi) is 6.19. The van der Waals surface area contributed by atoms with Gasteiger partial charge >= 0.3 is 0 Å². The molecule has 2 fully saturated rings. The molecule has 1 aliphatic heterocycles. The number of sulfonamides is 1. The third-order valence-electron chi connectivity index (χ3n) is 6.12. The summed E-state index contributed by atoms with van der Waals surface area (Å²) >= 11 is 0. The highest BCUT2D eigenvalue weighted by Gasteiger charge is 2.29. The number of nitrogens with zero attached hydrogens (tertiary/aromatic N) is 4. The van der Waals surface area contributed by atoms with E-state index < -0.39 is 10.0 Å². The van der Waals surface area contributed by atoms with E-state index in [1.807, 2.05) is 24.3 Å². The van der Waals surface area contributed by atoms with Crippen LogP contribution in [0.5, 0.6) is 0 Å². The van der Waals surface area contributed by atoms with Gasteiger partial charge in [0.25, 0.3) is 0 Å². The van der Waals surface area contributed by atoms with Gasteiger partial charge in [-0.2, -0.15) is 5.10 Å². The van der Waals surface area contributed by atoms with Crippen molar-refractivity contribution in [3.05, 3.63) is 36.2 Å². The van der Waals surface area contributed by atoms with Crippen LogP contribution in [0.25, 0.3) is 11.4 Å². The number of amides is 1. The van der Waals surface area contributed by atoms with Crippen LogP contribution in [0.3, 0.4) is 0 Å². The fourth-order valence-electron chi connectivity index (χ4n) is 4.44. The molecule has 1 amide bonds. The zero-order valence-electron chi connectivity index (χ0n) is 17.3. The van der Waals surface area contributed by atoms with Gasteiger partial charge in [0.05, 0.1) is 35.9 Å². The highest BCUT2D eigenvalue weighted by molar-refractivity contribution is 7.88. The van der Waals surface area contributed by atoms with Gasteiger partial charge in [0, 0.05) is 25.2 Å². The zero-order chi connectivity index (χ0) is 21.1. The van der Waals surface area contributed by atoms with Crippen LogP contribution >= 0.6 is 0 Å². The molecule has 0 spiro atoms. The smallest absolute Gasteiger partial charge is 0.223 e. The molecule has 9 heteroatoms. The summed E-state index contributed by atoms with van der Waals surface area (Å²) < 4.78 is 26.8. The molecule has 0 bridgehead atoms. The summed E-state index contributed by atoms with van der Waals surface area (Å²) in [4.78, 5) is 17.1. The van der Waals surface area contributed by atoms with Crippen molar-refractivity contribution in [2.45, 2.75) is 51.1 Å². The van der Waals surface area contributed by atoms with E-state index in [2.05, 4.69) is 15.0 Å². The molecule has 2 aromatic rings. The minimum atomic E-state index is -3.18. The van der Waals surface area contributed by atoms with Gasteiger partial charge in [-0.25, -0.2) is 12.7 Å². The number of piperidine rings is 1. The molecule has 0 atom stereocenters. The largest absolute Gasteiger partial charge is 0.350 e. The van der Waals surface area contributed by atoms with E-state index in [0.717, 1.165) is 29.9 Å². The second kappa shape index (κ2) is 8.85. The molecule has 0 aromatic carbocycles. The maximum Gasteiger partial charge on any atom is 0.223 e. The van der Waals surface area contributed by atoms with E-state index in [0.29, 0.717) is 38.5 Å². The number of hydrogen-bond acceptors (Lipinski definition) is 5. The SMILES string of the molecule is CS(=O)(=O)N1CCC(C(=O)NCc2cc(-c3ccccn3)n(C3CCCC3)n2)CC1. The average Bonchev–Trinajstić information content (AvgIpc) is 3.42. The molecule has 1 N–H and O–H groups in total. The first-order valence-electron chi connectivity index (χ1n) is 10.6. The number of pyridine rings is 1. The van der Waals surface area contributed by atoms with Crippen LogP contribution in [-0.2, 0) is 21.4 Å². The van der Waals surface area contributed by atoms with Gasteiger partial charge in [-0.1, -0.05) is 18.9 Å². The fourth-order valence-corrected chi connectivity index (χ4v) is 5.31. The van der Waals surface area contributed by atoms with Gasteiger partial charge in [-0.3, -0.25) is 14.5 Å². The van der Waals surface area contributed by atoms with E-state index in [4.69, 9.17) is 5.10 Å². The number of aromatic nitrogens is 3. The normalized spacial score (nSPS) is 19.2. The lowest BCUT2D eigenvalue weighted by Gasteiger charge is -2.29. The van der Waals surface area contributed by atoms with Crippen molar-refractivity contribution in [1.29, 1.82) is 0 Å². The highest BCUT2D eigenvalue weighted by Crippen LogP contribution is 2.33. The standard InChI is InChI=1S/C21H29N5O3S/c1-30(28,29)25-12-9-16(10-13-25)21(27)23-15-17-14-20(19-8-4-5-11-22-19)26(24-17)18-6-2-3-7-18/h4-5,8,11,14,16,18H,2-3,6-7,9-10,12-13,15H2,1H3,(H,23,27). The van der Waals surface area contributed by atoms with Crippen molar-refractivity contribution in [3.63, 3.8) is 0 Å². The van der Waals surface area contributed by atoms with Gasteiger partial charge in [-0.05, 0) is 43.9 Å². The molecule has 0 radical (unpaired) electrons. The van der Waals surface area contributed by atoms with Crippen LogP contribution in [0.2, 0.25) is 0 Å². The van der Waals surface area contributed by atoms with E-state index in [-0.39, 0.29) is 11.8 Å². The Morgan fingerprint density at radius 2 is 1.90 bits per heavy atom. The molecule has 30 heavy (non-hydrogen) atoms. The van der Waals surface area contributed by atoms with Crippen LogP contribution < -0.4 is 5.32 Å². The van der Waals surface area contributed by atoms with Gasteiger partial charge in [0.1, 0.15) is 0 Å². The summed E-state index contributed by atoms with van der Waals surface area (Å²) in [6, 6.07) is 8.26. The minimum Gasteiger partial charge on any atom is -0.350 e. The van der Waals surface area contributed by atoms with Crippen molar-refractivity contribution < 1.29 is 13.2 Å². The molecule has 8 nitrogen and oxygen atoms in total. The second-order valence-corrected chi connectivity index (χ2v) is 10.3. The van der Waals surface area contributed by atoms with Crippen molar-refractivity contribution in [1.82, 2.24) is 24.4 Å². The fraction of sp³-hybridized carbons (Fsp3) is 0.571. The Balaban J connectivity index is 1.42. The lowest BCUT2D eigenvalue weighted by atomic mass is 9.97. The summed E-state index contributed by atoms with van der Waals surface area (Å²) in [6.45, 7) is 1.17. The van der Waals surface area contributed by atoms with E-state index in [1.165, 1.54) is 23.4 Å². The Hall–Kier alpha value is -2.26. The monoisotopic (exact) mass is 431 g/mol. The molecule has 1 saturated heterocycles. The molecule has 2 aliphatic rings. The lowest BCUT2D eigenvalue weighted by Crippen LogP contribution is -2.42. The summed E-state index contributed by atoms with van der Waals surface area (Å²) in [5.41, 5.74) is 2.71. The molecular weight excluding hydrogens is 402 g/mol. The molecule has 2 aromatic heterocycles. The van der Waals surface area contributed by atoms with Crippen LogP contribution in [0.4, 0.5) is 0 Å². The number of rotatable bonds is 6. The van der Waals surface area contributed by atoms with Crippen molar-refractivity contribution in [3.8, 4) is 11.4 Å². The van der Waals surface area contributed by atoms with Crippen molar-refractivity contribution >= 4 is 15.9 Å². The number of hydrogen-bond donors (Lipinski definition) is 1. The Morgan fingerprint density at radius 1 is 1.17 bits per heavy atom. The van der Waals surface area contributed by atoms with Gasteiger partial charge < -0.3 is 5.32 Å². The quantitative estimate of drug-likeness (QED) is 0.757. The van der Waals surface area contributed by atoms with Crippen LogP contribution in [-0.4, -0.2) is 52.7 Å². The zero-order valence-corrected chi connectivity index (χ0v) is 18.1. The summed E-state index contributed by atoms with van der Waals surface area (Å²) in [5, 5.41) is 7.81. The molecule has 1 saturated carbocycles. The van der Waals surface area contributed by atoms with E-state index in [9.17, 15) is 13.2 Å². The summed E-state index contributed by atoms with van der Waals surface area (Å²) in [7, 11) is -3.18. The minimum absolute atomic E-state index is 0.0297. The van der Waals surface area contributed by atoms with Crippen molar-refractivity contribution in [2.24, 2.45) is 5.92 Å². The Morgan fingerprint density at radius 3 is 2.53 bits per heavy atom. The van der Waals surface area contributed by atoms with Crippen LogP contribution in [0.1, 0.15) is 50.3 Å². The average molecular weight is 432 g/mol. The number of nitrogens with one attached hydrogen (secondary N) is 1. The third-order valence-corrected chi connectivity index (χ3v) is 7.42. The molecule has 3 heterocycles. The van der Waals surface area contributed by atoms with E-state index >= 15 is 0 Å². The van der Waals surface area contributed by atoms with Gasteiger partial charge in [0.2, 0.25) is 15.9 Å². The molecule has 0 unspecified atom stereocenters. The molecular formula is C21H29N5O3S. The Bertz CT molecular complexity index is 975. The van der Waals surface area contributed by atoms with Gasteiger partial charge in [0.15, 0.2) is 0 Å². The maximum atomic E-state index is 12.6. The third kappa shape index (κ3) is 4.73. The van der Waals surface area contributed by atoms with Gasteiger partial charge in [-0.15, -0.1) is 0 Å². The number of carbonyl (C=O) groups is 1. The summed E-state index contributed by atoms with van der Waals surface area (Å²) in [5.74, 6) is -0.187. The predicted molar refractivity (Wildman–Crippen MR) is 114 cm³/mol. The topological polar surface area (TPSA) is 97.2 Å². The predicted octanol–water partition coefficient (Wildman–Crippen LogP) is 2.35. The first-order chi connectivity index (χ1) is 14.4. The highest BCUT2D eigenvalue weighted by atomic mass is 32.2. The summed E-state index contributed by atoms with van der Waals surface area (Å²) in [6.07, 6.45) is 8.76. The first-order valence-corrected chi connectivity index (χ1v) is 12.5. The van der Waals surface area contributed by atoms with Crippen LogP contribution in [0, 0.1) is 5.92 Å². The van der Waals surface area contributed by atoms with E-state index in [1.54, 1.807) is 6.20 Å².